The zero-order valence-corrected chi connectivity index (χ0v) is 21.1. The number of aliphatic imine (C=N–C) groups is 1. The summed E-state index contributed by atoms with van der Waals surface area (Å²) >= 11 is 0. The van der Waals surface area contributed by atoms with E-state index in [0.29, 0.717) is 17.7 Å². The number of benzene rings is 2. The summed E-state index contributed by atoms with van der Waals surface area (Å²) in [5.41, 5.74) is 6.63. The first-order valence-electron chi connectivity index (χ1n) is 12.5. The number of alkyl halides is 2. The van der Waals surface area contributed by atoms with E-state index >= 15 is 0 Å². The summed E-state index contributed by atoms with van der Waals surface area (Å²) in [4.78, 5) is 17.4. The van der Waals surface area contributed by atoms with Crippen LogP contribution in [0.5, 0.6) is 5.75 Å². The van der Waals surface area contributed by atoms with Crippen molar-refractivity contribution in [3.05, 3.63) is 89.3 Å². The van der Waals surface area contributed by atoms with E-state index in [1.165, 1.54) is 0 Å². The highest BCUT2D eigenvalue weighted by Gasteiger charge is 2.29. The van der Waals surface area contributed by atoms with Crippen molar-refractivity contribution in [2.24, 2.45) is 10.9 Å². The third kappa shape index (κ3) is 6.47. The molecule has 0 amide bonds. The number of rotatable bonds is 9. The minimum atomic E-state index is -2.85. The number of ether oxygens (including phenoxy) is 1. The molecule has 0 saturated carbocycles. The maximum atomic E-state index is 12.6. The highest BCUT2D eigenvalue weighted by atomic mass is 19.3. The van der Waals surface area contributed by atoms with Crippen LogP contribution >= 0.6 is 0 Å². The summed E-state index contributed by atoms with van der Waals surface area (Å²) in [5.74, 6) is 0.134. The number of ketones is 1. The van der Waals surface area contributed by atoms with Crippen LogP contribution < -0.4 is 10.1 Å². The van der Waals surface area contributed by atoms with Gasteiger partial charge in [-0.15, -0.1) is 0 Å². The normalized spacial score (nSPS) is 19.4. The van der Waals surface area contributed by atoms with Gasteiger partial charge in [-0.3, -0.25) is 9.79 Å². The van der Waals surface area contributed by atoms with Gasteiger partial charge in [0.05, 0.1) is 11.4 Å². The molecular formula is C30H31F2N3O2. The lowest BCUT2D eigenvalue weighted by Gasteiger charge is -2.21. The van der Waals surface area contributed by atoms with E-state index in [0.717, 1.165) is 53.1 Å². The number of halogens is 2. The largest absolute Gasteiger partial charge is 0.435 e. The fourth-order valence-electron chi connectivity index (χ4n) is 4.73. The number of aryl methyl sites for hydroxylation is 1. The number of Topliss-reactive ketones (excluding diaryl/α,β-unsaturated/α-hetero) is 1. The van der Waals surface area contributed by atoms with Crippen molar-refractivity contribution in [2.75, 3.05) is 5.32 Å². The molecule has 4 rings (SSSR count). The molecule has 7 heteroatoms. The number of allylic oxidation sites excluding steroid dienone is 5. The van der Waals surface area contributed by atoms with Crippen molar-refractivity contribution >= 4 is 28.5 Å². The molecule has 37 heavy (non-hydrogen) atoms. The lowest BCUT2D eigenvalue weighted by Crippen LogP contribution is -2.20. The molecule has 0 bridgehead atoms. The SMILES string of the molecule is CCc1cc(N/C2=C\C/C=C\CCC3C(c4ccc(OC(F)F)cc4)=CN=C23)ccc1C(=O)CC(C)=N. The van der Waals surface area contributed by atoms with Crippen molar-refractivity contribution < 1.29 is 18.3 Å². The van der Waals surface area contributed by atoms with Crippen molar-refractivity contribution in [1.29, 1.82) is 5.41 Å². The Morgan fingerprint density at radius 2 is 1.97 bits per heavy atom. The molecule has 5 nitrogen and oxygen atoms in total. The lowest BCUT2D eigenvalue weighted by molar-refractivity contribution is -0.0498. The van der Waals surface area contributed by atoms with Crippen molar-refractivity contribution in [3.8, 4) is 5.75 Å². The Hall–Kier alpha value is -3.87. The van der Waals surface area contributed by atoms with Gasteiger partial charge in [-0.2, -0.15) is 8.78 Å². The quantitative estimate of drug-likeness (QED) is 0.210. The number of nitrogens with zero attached hydrogens (tertiary/aromatic N) is 1. The predicted molar refractivity (Wildman–Crippen MR) is 145 cm³/mol. The van der Waals surface area contributed by atoms with Crippen molar-refractivity contribution in [1.82, 2.24) is 0 Å². The molecule has 2 N–H and O–H groups in total. The van der Waals surface area contributed by atoms with Gasteiger partial charge in [0.1, 0.15) is 5.75 Å². The first-order valence-corrected chi connectivity index (χ1v) is 12.5. The number of anilines is 1. The summed E-state index contributed by atoms with van der Waals surface area (Å²) < 4.78 is 29.6. The third-order valence-corrected chi connectivity index (χ3v) is 6.47. The Kier molecular flexibility index (Phi) is 8.43. The van der Waals surface area contributed by atoms with E-state index in [9.17, 15) is 13.6 Å². The summed E-state index contributed by atoms with van der Waals surface area (Å²) in [7, 11) is 0. The Balaban J connectivity index is 1.57. The molecule has 0 saturated heterocycles. The fraction of sp³-hybridized carbons (Fsp3) is 0.300. The van der Waals surface area contributed by atoms with E-state index in [1.54, 1.807) is 31.2 Å². The number of carbonyl (C=O) groups is 1. The molecule has 0 fully saturated rings. The standard InChI is InChI=1S/C30H31F2N3O2/c1-3-20-17-22(12-15-24(20)28(36)16-19(2)33)35-27-9-7-5-4-6-8-25-26(18-34-29(25)27)21-10-13-23(14-11-21)37-30(31)32/h4-5,9-15,17-18,25,30,33,35H,3,6-8,16H2,1-2H3/b5-4-,27-9-,33-19?. The Morgan fingerprint density at radius 1 is 1.19 bits per heavy atom. The minimum absolute atomic E-state index is 0.0401. The van der Waals surface area contributed by atoms with Crippen LogP contribution in [0.1, 0.15) is 61.0 Å². The predicted octanol–water partition coefficient (Wildman–Crippen LogP) is 7.61. The molecule has 192 valence electrons. The van der Waals surface area contributed by atoms with Gasteiger partial charge in [-0.05, 0) is 79.6 Å². The molecule has 1 unspecified atom stereocenters. The molecule has 2 aromatic carbocycles. The van der Waals surface area contributed by atoms with Gasteiger partial charge in [-0.25, -0.2) is 0 Å². The topological polar surface area (TPSA) is 74.5 Å². The summed E-state index contributed by atoms with van der Waals surface area (Å²) in [6, 6.07) is 12.4. The van der Waals surface area contributed by atoms with E-state index in [4.69, 9.17) is 10.4 Å². The molecule has 0 spiro atoms. The summed E-state index contributed by atoms with van der Waals surface area (Å²) in [5, 5.41) is 11.2. The van der Waals surface area contributed by atoms with Crippen LogP contribution in [0.15, 0.2) is 77.6 Å². The zero-order valence-electron chi connectivity index (χ0n) is 21.1. The molecule has 0 radical (unpaired) electrons. The van der Waals surface area contributed by atoms with Gasteiger partial charge in [0, 0.05) is 35.5 Å². The van der Waals surface area contributed by atoms with Crippen LogP contribution in [-0.4, -0.2) is 23.8 Å². The van der Waals surface area contributed by atoms with Crippen LogP contribution in [-0.2, 0) is 6.42 Å². The average molecular weight is 504 g/mol. The number of nitrogens with one attached hydrogen (secondary N) is 2. The molecule has 2 aliphatic rings. The van der Waals surface area contributed by atoms with Gasteiger partial charge in [0.25, 0.3) is 0 Å². The summed E-state index contributed by atoms with van der Waals surface area (Å²) in [6.07, 6.45) is 11.7. The molecule has 1 aliphatic heterocycles. The van der Waals surface area contributed by atoms with Gasteiger partial charge < -0.3 is 15.5 Å². The fourth-order valence-corrected chi connectivity index (χ4v) is 4.73. The number of fused-ring (bicyclic) bond motifs is 1. The number of hydrogen-bond acceptors (Lipinski definition) is 5. The Bertz CT molecular complexity index is 1290. The first kappa shape index (κ1) is 26.2. The third-order valence-electron chi connectivity index (χ3n) is 6.47. The highest BCUT2D eigenvalue weighted by Crippen LogP contribution is 2.37. The van der Waals surface area contributed by atoms with Gasteiger partial charge in [-0.1, -0.05) is 37.3 Å². The van der Waals surface area contributed by atoms with E-state index < -0.39 is 6.61 Å². The smallest absolute Gasteiger partial charge is 0.387 e. The van der Waals surface area contributed by atoms with Gasteiger partial charge >= 0.3 is 6.61 Å². The maximum Gasteiger partial charge on any atom is 0.387 e. The highest BCUT2D eigenvalue weighted by molar-refractivity contribution is 6.13. The molecule has 1 atom stereocenters. The second-order valence-corrected chi connectivity index (χ2v) is 9.19. The monoisotopic (exact) mass is 503 g/mol. The zero-order chi connectivity index (χ0) is 26.4. The lowest BCUT2D eigenvalue weighted by atomic mass is 9.86. The average Bonchev–Trinajstić information content (AvgIpc) is 3.31. The van der Waals surface area contributed by atoms with Crippen LogP contribution in [0.25, 0.3) is 5.57 Å². The molecule has 1 heterocycles. The van der Waals surface area contributed by atoms with Crippen LogP contribution in [0.4, 0.5) is 14.5 Å². The molecular weight excluding hydrogens is 472 g/mol. The van der Waals surface area contributed by atoms with Crippen LogP contribution in [0.2, 0.25) is 0 Å². The summed E-state index contributed by atoms with van der Waals surface area (Å²) in [6.45, 7) is 0.804. The first-order chi connectivity index (χ1) is 17.9. The minimum Gasteiger partial charge on any atom is -0.435 e. The molecule has 1 aliphatic carbocycles. The second-order valence-electron chi connectivity index (χ2n) is 9.19. The Morgan fingerprint density at radius 3 is 2.68 bits per heavy atom. The van der Waals surface area contributed by atoms with E-state index in [2.05, 4.69) is 28.3 Å². The van der Waals surface area contributed by atoms with Crippen LogP contribution in [0.3, 0.4) is 0 Å². The molecule has 2 aromatic rings. The van der Waals surface area contributed by atoms with E-state index in [-0.39, 0.29) is 23.9 Å². The van der Waals surface area contributed by atoms with E-state index in [1.807, 2.05) is 31.3 Å². The van der Waals surface area contributed by atoms with Gasteiger partial charge in [0.15, 0.2) is 5.78 Å². The second kappa shape index (κ2) is 11.9. The van der Waals surface area contributed by atoms with Crippen molar-refractivity contribution in [2.45, 2.75) is 52.6 Å². The maximum absolute atomic E-state index is 12.6. The molecule has 0 aromatic heterocycles. The van der Waals surface area contributed by atoms with Crippen LogP contribution in [0, 0.1) is 11.3 Å². The van der Waals surface area contributed by atoms with Crippen molar-refractivity contribution in [3.63, 3.8) is 0 Å². The van der Waals surface area contributed by atoms with Gasteiger partial charge in [0.2, 0.25) is 0 Å². The number of carbonyl (C=O) groups excluding carboxylic acids is 1. The Labute approximate surface area is 216 Å². The number of hydrogen-bond donors (Lipinski definition) is 2.